The number of carbonyl (C=O) groups excluding carboxylic acids is 12. The molecular weight excluding hydrogens is 1370 g/mol. The van der Waals surface area contributed by atoms with Crippen LogP contribution in [-0.4, -0.2) is 70.5 Å². The highest BCUT2D eigenvalue weighted by Crippen LogP contribution is 2.48. The predicted octanol–water partition coefficient (Wildman–Crippen LogP) is 16.3. The fraction of sp³-hybridized carbons (Fsp3) is 0.156. The van der Waals surface area contributed by atoms with Crippen LogP contribution in [-0.2, 0) is 67.3 Å². The van der Waals surface area contributed by atoms with E-state index in [9.17, 15) is 57.5 Å². The molecule has 0 atom stereocenters. The number of ether oxygens (including phenoxy) is 6. The van der Waals surface area contributed by atoms with E-state index in [0.717, 1.165) is 0 Å². The summed E-state index contributed by atoms with van der Waals surface area (Å²) < 4.78 is 38.1. The Kier molecular flexibility index (Phi) is 23.9. The van der Waals surface area contributed by atoms with E-state index in [1.54, 1.807) is 121 Å². The number of benzene rings is 10. The Hall–Kier alpha value is -13.5. The Morgan fingerprint density at radius 2 is 0.407 bits per heavy atom. The van der Waals surface area contributed by atoms with Crippen molar-refractivity contribution >= 4 is 103 Å². The summed E-state index contributed by atoms with van der Waals surface area (Å²) >= 11 is 0. The molecule has 0 aliphatic heterocycles. The van der Waals surface area contributed by atoms with Crippen LogP contribution in [0.5, 0.6) is 34.5 Å². The van der Waals surface area contributed by atoms with Gasteiger partial charge >= 0.3 is 35.8 Å². The average molecular weight is 1440 g/mol. The molecule has 10 aromatic rings. The molecule has 0 unspecified atom stereocenters. The van der Waals surface area contributed by atoms with E-state index in [2.05, 4.69) is 32.9 Å². The smallest absolute Gasteiger partial charge is 0.343 e. The van der Waals surface area contributed by atoms with Gasteiger partial charge in [0.05, 0.1) is 33.4 Å². The van der Waals surface area contributed by atoms with E-state index in [1.807, 2.05) is 0 Å². The number of rotatable bonds is 30. The van der Waals surface area contributed by atoms with Gasteiger partial charge in [0.25, 0.3) is 0 Å². The minimum absolute atomic E-state index is 0.0130. The van der Waals surface area contributed by atoms with Crippen LogP contribution in [0.3, 0.4) is 0 Å². The summed E-state index contributed by atoms with van der Waals surface area (Å²) in [5.41, 5.74) is 6.19. The number of Topliss-reactive ketones (excluding diaryl/α,β-unsaturated/α-hetero) is 1. The van der Waals surface area contributed by atoms with Gasteiger partial charge in [-0.25, -0.2) is 28.8 Å². The van der Waals surface area contributed by atoms with Crippen molar-refractivity contribution in [1.82, 2.24) is 0 Å². The van der Waals surface area contributed by atoms with Crippen molar-refractivity contribution in [2.45, 2.75) is 93.4 Å². The van der Waals surface area contributed by atoms with Gasteiger partial charge in [0, 0.05) is 44.9 Å². The Balaban J connectivity index is 1.28. The number of ketones is 6. The molecule has 10 aromatic carbocycles. The summed E-state index contributed by atoms with van der Waals surface area (Å²) in [5.74, 6) is -9.23. The van der Waals surface area contributed by atoms with Crippen molar-refractivity contribution in [3.05, 3.63) is 309 Å². The van der Waals surface area contributed by atoms with Crippen LogP contribution in [0, 0.1) is 41.5 Å². The molecule has 0 fully saturated rings. The van der Waals surface area contributed by atoms with E-state index in [4.69, 9.17) is 28.4 Å². The zero-order chi connectivity index (χ0) is 77.9. The molecule has 0 radical (unpaired) electrons. The summed E-state index contributed by atoms with van der Waals surface area (Å²) in [7, 11) is 0. The summed E-state index contributed by atoms with van der Waals surface area (Å²) in [6.07, 6.45) is 6.23. The molecule has 0 aromatic heterocycles. The number of hydrogen-bond acceptors (Lipinski definition) is 18. The van der Waals surface area contributed by atoms with Crippen LogP contribution in [0.2, 0.25) is 0 Å². The van der Waals surface area contributed by atoms with Gasteiger partial charge in [-0.1, -0.05) is 113 Å². The van der Waals surface area contributed by atoms with Gasteiger partial charge in [-0.05, 0) is 244 Å². The Bertz CT molecular complexity index is 5110. The molecule has 18 nitrogen and oxygen atoms in total. The van der Waals surface area contributed by atoms with Crippen LogP contribution in [0.25, 0.3) is 32.3 Å². The molecule has 0 amide bonds. The number of fused-ring (bicyclic) bond motifs is 6. The minimum Gasteiger partial charge on any atom is -0.419 e. The van der Waals surface area contributed by atoms with Crippen LogP contribution >= 0.6 is 0 Å². The SMILES string of the molecule is C=CC(=O)Cc1ccc(C(=O)Oc2cc3c4cc(OC(=O)c5ccc(CC(=O)C=C)cc5C)c(OC(=O)c5ccc(CC(=O)C=C)cc5C)cc4c4cc(OC(=O)c5ccc(CC(=O)CC)cc5C)c(OC(=O)c5ccc(CC(=O)C=C)cc5C)cc4c3cc2OC(=O)c2ccc(CC(=O)C=C)cc2C)c(C)c1. The van der Waals surface area contributed by atoms with Crippen LogP contribution in [0.1, 0.15) is 142 Å². The number of allylic oxidation sites excluding steroid dienone is 5. The summed E-state index contributed by atoms with van der Waals surface area (Å²) in [6, 6.07) is 36.5. The molecule has 0 aliphatic rings. The maximum atomic E-state index is 14.9. The van der Waals surface area contributed by atoms with Gasteiger partial charge in [-0.2, -0.15) is 0 Å². The van der Waals surface area contributed by atoms with Gasteiger partial charge in [0.2, 0.25) is 0 Å². The zero-order valence-electron chi connectivity index (χ0n) is 60.6. The molecule has 0 saturated heterocycles. The maximum absolute atomic E-state index is 14.9. The second-order valence-corrected chi connectivity index (χ2v) is 26.1. The maximum Gasteiger partial charge on any atom is 0.343 e. The third kappa shape index (κ3) is 17.8. The van der Waals surface area contributed by atoms with Crippen LogP contribution in [0.4, 0.5) is 0 Å². The quantitative estimate of drug-likeness (QED) is 0.0175. The molecule has 0 spiro atoms. The highest BCUT2D eigenvalue weighted by atomic mass is 16.6. The Labute approximate surface area is 622 Å². The second-order valence-electron chi connectivity index (χ2n) is 26.1. The van der Waals surface area contributed by atoms with Crippen molar-refractivity contribution in [3.63, 3.8) is 0 Å². The molecule has 542 valence electrons. The topological polar surface area (TPSA) is 260 Å². The molecule has 0 saturated carbocycles. The number of carbonyl (C=O) groups is 12. The molecule has 108 heavy (non-hydrogen) atoms. The van der Waals surface area contributed by atoms with Crippen LogP contribution < -0.4 is 28.4 Å². The summed E-state index contributed by atoms with van der Waals surface area (Å²) in [5, 5.41) is 0.872. The van der Waals surface area contributed by atoms with Gasteiger partial charge in [0.1, 0.15) is 5.78 Å². The second kappa shape index (κ2) is 33.5. The predicted molar refractivity (Wildman–Crippen MR) is 409 cm³/mol. The summed E-state index contributed by atoms with van der Waals surface area (Å²) in [4.78, 5) is 164. The van der Waals surface area contributed by atoms with Gasteiger partial charge in [-0.3, -0.25) is 28.8 Å². The molecular formula is C90H74O18. The first-order valence-electron chi connectivity index (χ1n) is 34.3. The third-order valence-electron chi connectivity index (χ3n) is 18.2. The number of aryl methyl sites for hydroxylation is 6. The van der Waals surface area contributed by atoms with Crippen molar-refractivity contribution in [2.24, 2.45) is 0 Å². The van der Waals surface area contributed by atoms with E-state index >= 15 is 0 Å². The Morgan fingerprint density at radius 1 is 0.250 bits per heavy atom. The van der Waals surface area contributed by atoms with Gasteiger partial charge in [-0.15, -0.1) is 0 Å². The van der Waals surface area contributed by atoms with E-state index in [1.165, 1.54) is 103 Å². The van der Waals surface area contributed by atoms with Crippen molar-refractivity contribution in [3.8, 4) is 34.5 Å². The zero-order valence-corrected chi connectivity index (χ0v) is 60.6. The molecule has 0 bridgehead atoms. The summed E-state index contributed by atoms with van der Waals surface area (Å²) in [6.45, 7) is 29.4. The standard InChI is InChI=1S/C90H74O18/c1-13-61(91)37-55-19-25-67(49(7)31-55)85(97)103-79-43-73-74(44-80(79)104-86(98)68-26-20-56(32-50(68)8)38-62(92)14-2)76-46-82(106-88(100)70-28-22-58(34-52(70)10)40-64(94)16-4)84(108-90(102)72-30-24-60(36-54(72)12)42-66(96)18-6)48-78(76)77-47-83(107-89(101)71-29-23-59(35-53(71)11)41-65(95)17-5)81(45-75(73)77)105-87(99)69-27-21-57(33-51(69)9)39-63(93)15-3/h13-17,19-36,43-48H,1-5,18,37-42H2,6-12H3. The lowest BCUT2D eigenvalue weighted by atomic mass is 9.93. The molecule has 0 aliphatic carbocycles. The first-order valence-corrected chi connectivity index (χ1v) is 34.3. The third-order valence-corrected chi connectivity index (χ3v) is 18.2. The molecule has 18 heteroatoms. The van der Waals surface area contributed by atoms with Crippen molar-refractivity contribution < 1.29 is 86.0 Å². The van der Waals surface area contributed by atoms with E-state index in [0.29, 0.717) is 66.8 Å². The highest BCUT2D eigenvalue weighted by molar-refractivity contribution is 6.27. The highest BCUT2D eigenvalue weighted by Gasteiger charge is 2.29. The fourth-order valence-corrected chi connectivity index (χ4v) is 12.5. The van der Waals surface area contributed by atoms with Crippen molar-refractivity contribution in [1.29, 1.82) is 0 Å². The van der Waals surface area contributed by atoms with E-state index < -0.39 is 35.8 Å². The molecule has 10 rings (SSSR count). The Morgan fingerprint density at radius 3 is 0.546 bits per heavy atom. The molecule has 0 N–H and O–H groups in total. The monoisotopic (exact) mass is 1440 g/mol. The van der Waals surface area contributed by atoms with E-state index in [-0.39, 0.29) is 180 Å². The first kappa shape index (κ1) is 77.1. The van der Waals surface area contributed by atoms with Crippen LogP contribution in [0.15, 0.2) is 209 Å². The largest absolute Gasteiger partial charge is 0.419 e. The first-order chi connectivity index (χ1) is 51.6. The normalized spacial score (nSPS) is 10.9. The van der Waals surface area contributed by atoms with Gasteiger partial charge in [0.15, 0.2) is 63.4 Å². The number of hydrogen-bond donors (Lipinski definition) is 0. The lowest BCUT2D eigenvalue weighted by molar-refractivity contribution is -0.118. The average Bonchev–Trinajstić information content (AvgIpc) is 0.721. The fourth-order valence-electron chi connectivity index (χ4n) is 12.5. The lowest BCUT2D eigenvalue weighted by Crippen LogP contribution is -2.15. The number of esters is 6. The van der Waals surface area contributed by atoms with Gasteiger partial charge < -0.3 is 28.4 Å². The molecule has 0 heterocycles. The lowest BCUT2D eigenvalue weighted by Gasteiger charge is -2.20. The van der Waals surface area contributed by atoms with Crippen molar-refractivity contribution in [2.75, 3.05) is 0 Å². The minimum atomic E-state index is -0.950.